The van der Waals surface area contributed by atoms with Crippen LogP contribution in [-0.2, 0) is 16.6 Å². The van der Waals surface area contributed by atoms with Gasteiger partial charge in [0.15, 0.2) is 0 Å². The molecule has 0 unspecified atom stereocenters. The van der Waals surface area contributed by atoms with Gasteiger partial charge in [-0.3, -0.25) is 4.78 Å². The lowest BCUT2D eigenvalue weighted by molar-refractivity contribution is 1.38. The maximum atomic E-state index is 8.01. The van der Waals surface area contributed by atoms with Crippen molar-refractivity contribution in [2.45, 2.75) is 5.75 Å². The van der Waals surface area contributed by atoms with E-state index < -0.39 is 10.9 Å². The van der Waals surface area contributed by atoms with Crippen LogP contribution < -0.4 is 4.72 Å². The van der Waals surface area contributed by atoms with Gasteiger partial charge < -0.3 is 4.72 Å². The van der Waals surface area contributed by atoms with Gasteiger partial charge in [0.1, 0.15) is 0 Å². The number of anilines is 1. The van der Waals surface area contributed by atoms with Crippen LogP contribution in [0.5, 0.6) is 0 Å². The van der Waals surface area contributed by atoms with Crippen LogP contribution in [0, 0.1) is 4.78 Å². The van der Waals surface area contributed by atoms with E-state index >= 15 is 0 Å². The van der Waals surface area contributed by atoms with E-state index in [2.05, 4.69) is 20.7 Å². The van der Waals surface area contributed by atoms with E-state index in [-0.39, 0.29) is 0 Å². The van der Waals surface area contributed by atoms with Crippen LogP contribution in [0.3, 0.4) is 0 Å². The number of hydrogen-bond acceptors (Lipinski definition) is 1. The summed E-state index contributed by atoms with van der Waals surface area (Å²) < 4.78 is 12.3. The molecule has 2 aromatic rings. The summed E-state index contributed by atoms with van der Waals surface area (Å²) in [6.45, 7) is 0. The molecule has 0 fully saturated rings. The molecular weight excluding hydrogens is 296 g/mol. The van der Waals surface area contributed by atoms with Crippen LogP contribution in [0.25, 0.3) is 0 Å². The van der Waals surface area contributed by atoms with E-state index in [0.717, 1.165) is 15.9 Å². The fraction of sp³-hybridized carbons (Fsp3) is 0.0769. The molecule has 0 heterocycles. The van der Waals surface area contributed by atoms with Gasteiger partial charge in [-0.15, -0.1) is 0 Å². The Balaban J connectivity index is 1.96. The zero-order chi connectivity index (χ0) is 12.1. The smallest absolute Gasteiger partial charge is 0.0478 e. The van der Waals surface area contributed by atoms with Crippen molar-refractivity contribution in [1.29, 1.82) is 4.78 Å². The summed E-state index contributed by atoms with van der Waals surface area (Å²) in [5.74, 6) is 0.724. The first kappa shape index (κ1) is 12.3. The highest BCUT2D eigenvalue weighted by molar-refractivity contribution is 9.10. The zero-order valence-corrected chi connectivity index (χ0v) is 11.6. The first-order chi connectivity index (χ1) is 8.24. The Labute approximate surface area is 112 Å². The van der Waals surface area contributed by atoms with Gasteiger partial charge in [-0.25, -0.2) is 0 Å². The number of halogens is 1. The van der Waals surface area contributed by atoms with Crippen molar-refractivity contribution < 1.29 is 0 Å². The van der Waals surface area contributed by atoms with Crippen molar-refractivity contribution >= 4 is 32.5 Å². The highest BCUT2D eigenvalue weighted by atomic mass is 79.9. The molecule has 1 atom stereocenters. The van der Waals surface area contributed by atoms with E-state index in [1.165, 1.54) is 5.56 Å². The summed E-state index contributed by atoms with van der Waals surface area (Å²) in [7, 11) is -0.594. The highest BCUT2D eigenvalue weighted by Gasteiger charge is 1.98. The van der Waals surface area contributed by atoms with Gasteiger partial charge in [0, 0.05) is 15.9 Å². The van der Waals surface area contributed by atoms with Crippen molar-refractivity contribution in [1.82, 2.24) is 0 Å². The molecular formula is C13H13BrN2S. The summed E-state index contributed by atoms with van der Waals surface area (Å²) in [6, 6.07) is 18.0. The summed E-state index contributed by atoms with van der Waals surface area (Å²) in [6.07, 6.45) is 0. The molecule has 0 spiro atoms. The second-order valence-corrected chi connectivity index (χ2v) is 5.82. The van der Waals surface area contributed by atoms with Gasteiger partial charge in [-0.2, -0.15) is 0 Å². The van der Waals surface area contributed by atoms with Crippen LogP contribution in [-0.4, -0.2) is 0 Å². The molecule has 0 amide bonds. The van der Waals surface area contributed by atoms with Crippen LogP contribution >= 0.6 is 15.9 Å². The standard InChI is InChI=1S/C13H13BrN2S/c14-12-8-6-11(7-9-12)10-17(15)16-13-4-2-1-3-5-13/h1-9H,10H2,(H2,15,16)/t17-/m1/s1. The second-order valence-electron chi connectivity index (χ2n) is 3.63. The van der Waals surface area contributed by atoms with Crippen molar-refractivity contribution in [2.75, 3.05) is 4.72 Å². The minimum absolute atomic E-state index is 0.594. The van der Waals surface area contributed by atoms with Gasteiger partial charge in [-0.1, -0.05) is 46.3 Å². The predicted molar refractivity (Wildman–Crippen MR) is 78.0 cm³/mol. The largest absolute Gasteiger partial charge is 0.322 e. The first-order valence-electron chi connectivity index (χ1n) is 5.22. The lowest BCUT2D eigenvalue weighted by atomic mass is 10.2. The molecule has 0 aliphatic rings. The molecule has 4 heteroatoms. The molecule has 88 valence electrons. The molecule has 0 aliphatic carbocycles. The Kier molecular flexibility index (Phi) is 4.34. The van der Waals surface area contributed by atoms with Crippen molar-refractivity contribution in [3.63, 3.8) is 0 Å². The van der Waals surface area contributed by atoms with Gasteiger partial charge >= 0.3 is 0 Å². The monoisotopic (exact) mass is 308 g/mol. The summed E-state index contributed by atoms with van der Waals surface area (Å²) in [4.78, 5) is 0. The highest BCUT2D eigenvalue weighted by Crippen LogP contribution is 2.13. The van der Waals surface area contributed by atoms with E-state index in [9.17, 15) is 0 Å². The number of hydrogen-bond donors (Lipinski definition) is 2. The third-order valence-corrected chi connectivity index (χ3v) is 3.87. The number of para-hydroxylation sites is 1. The average molecular weight is 309 g/mol. The van der Waals surface area contributed by atoms with E-state index in [1.807, 2.05) is 54.6 Å². The Bertz CT molecular complexity index is 497. The summed E-state index contributed by atoms with van der Waals surface area (Å²) in [5, 5.41) is 0. The minimum atomic E-state index is -0.594. The SMILES string of the molecule is N=[S@@](Cc1ccc(Br)cc1)Nc1ccccc1. The maximum Gasteiger partial charge on any atom is 0.0478 e. The molecule has 0 saturated heterocycles. The number of nitrogens with one attached hydrogen (secondary N) is 2. The molecule has 17 heavy (non-hydrogen) atoms. The normalized spacial score (nSPS) is 12.1. The van der Waals surface area contributed by atoms with Crippen molar-refractivity contribution in [2.24, 2.45) is 0 Å². The van der Waals surface area contributed by atoms with Gasteiger partial charge in [0.2, 0.25) is 0 Å². The third kappa shape index (κ3) is 3.98. The van der Waals surface area contributed by atoms with Crippen LogP contribution in [0.1, 0.15) is 5.56 Å². The fourth-order valence-electron chi connectivity index (χ4n) is 1.43. The topological polar surface area (TPSA) is 35.9 Å². The predicted octanol–water partition coefficient (Wildman–Crippen LogP) is 4.36. The molecule has 0 aliphatic heterocycles. The molecule has 0 bridgehead atoms. The minimum Gasteiger partial charge on any atom is -0.322 e. The van der Waals surface area contributed by atoms with Gasteiger partial charge in [-0.05, 0) is 40.7 Å². The lowest BCUT2D eigenvalue weighted by Gasteiger charge is -2.09. The zero-order valence-electron chi connectivity index (χ0n) is 9.19. The Morgan fingerprint density at radius 1 is 1.00 bits per heavy atom. The van der Waals surface area contributed by atoms with Crippen molar-refractivity contribution in [3.05, 3.63) is 64.6 Å². The Morgan fingerprint density at radius 2 is 1.65 bits per heavy atom. The maximum absolute atomic E-state index is 8.01. The summed E-state index contributed by atoms with van der Waals surface area (Å²) in [5.41, 5.74) is 2.18. The van der Waals surface area contributed by atoms with Gasteiger partial charge in [0.05, 0.1) is 0 Å². The van der Waals surface area contributed by atoms with E-state index in [1.54, 1.807) is 0 Å². The molecule has 0 saturated carbocycles. The Hall–Kier alpha value is -1.13. The molecule has 0 radical (unpaired) electrons. The molecule has 2 aromatic carbocycles. The lowest BCUT2D eigenvalue weighted by Crippen LogP contribution is -2.05. The summed E-state index contributed by atoms with van der Waals surface area (Å²) >= 11 is 3.41. The van der Waals surface area contributed by atoms with Gasteiger partial charge in [0.25, 0.3) is 0 Å². The third-order valence-electron chi connectivity index (χ3n) is 2.24. The quantitative estimate of drug-likeness (QED) is 0.865. The van der Waals surface area contributed by atoms with E-state index in [4.69, 9.17) is 4.78 Å². The van der Waals surface area contributed by atoms with Crippen LogP contribution in [0.15, 0.2) is 59.1 Å². The number of benzene rings is 2. The van der Waals surface area contributed by atoms with Crippen LogP contribution in [0.4, 0.5) is 5.69 Å². The molecule has 2 nitrogen and oxygen atoms in total. The Morgan fingerprint density at radius 3 is 2.29 bits per heavy atom. The number of rotatable bonds is 4. The van der Waals surface area contributed by atoms with E-state index in [0.29, 0.717) is 0 Å². The average Bonchev–Trinajstić information content (AvgIpc) is 2.33. The van der Waals surface area contributed by atoms with Crippen LogP contribution in [0.2, 0.25) is 0 Å². The second kappa shape index (κ2) is 5.98. The molecule has 0 aromatic heterocycles. The molecule has 2 rings (SSSR count). The first-order valence-corrected chi connectivity index (χ1v) is 7.41. The molecule has 2 N–H and O–H groups in total. The fourth-order valence-corrected chi connectivity index (χ4v) is 2.71. The van der Waals surface area contributed by atoms with Crippen molar-refractivity contribution in [3.8, 4) is 0 Å².